The zero-order valence-electron chi connectivity index (χ0n) is 13.4. The number of nitrogens with zero attached hydrogens (tertiary/aromatic N) is 1. The first-order chi connectivity index (χ1) is 9.39. The van der Waals surface area contributed by atoms with Crippen LogP contribution in [-0.2, 0) is 9.53 Å². The number of unbranched alkanes of at least 4 members (excludes halogenated alkanes) is 2. The first kappa shape index (κ1) is 17.0. The van der Waals surface area contributed by atoms with Crippen LogP contribution in [0.1, 0.15) is 72.6 Å². The lowest BCUT2D eigenvalue weighted by Crippen LogP contribution is -2.52. The second kappa shape index (κ2) is 7.65. The number of ether oxygens (including phenoxy) is 1. The van der Waals surface area contributed by atoms with E-state index in [2.05, 4.69) is 6.92 Å². The van der Waals surface area contributed by atoms with Gasteiger partial charge in [-0.1, -0.05) is 26.2 Å². The molecule has 1 saturated heterocycles. The van der Waals surface area contributed by atoms with Gasteiger partial charge in [0.15, 0.2) is 0 Å². The molecule has 20 heavy (non-hydrogen) atoms. The van der Waals surface area contributed by atoms with Gasteiger partial charge in [-0.2, -0.15) is 0 Å². The van der Waals surface area contributed by atoms with E-state index in [0.29, 0.717) is 0 Å². The molecule has 2 atom stereocenters. The highest BCUT2D eigenvalue weighted by Crippen LogP contribution is 2.27. The van der Waals surface area contributed by atoms with E-state index in [1.807, 2.05) is 20.8 Å². The summed E-state index contributed by atoms with van der Waals surface area (Å²) in [5.41, 5.74) is -0.518. The Kier molecular flexibility index (Phi) is 6.50. The summed E-state index contributed by atoms with van der Waals surface area (Å²) >= 11 is 0. The fraction of sp³-hybridized carbons (Fsp3) is 0.875. The maximum absolute atomic E-state index is 12.4. The molecule has 116 valence electrons. The molecule has 0 bridgehead atoms. The minimum absolute atomic E-state index is 0.153. The van der Waals surface area contributed by atoms with Crippen LogP contribution in [0.5, 0.6) is 0 Å². The van der Waals surface area contributed by atoms with Crippen LogP contribution in [0.4, 0.5) is 4.79 Å². The van der Waals surface area contributed by atoms with Gasteiger partial charge in [0.05, 0.1) is 6.04 Å². The minimum atomic E-state index is -0.518. The largest absolute Gasteiger partial charge is 0.444 e. The summed E-state index contributed by atoms with van der Waals surface area (Å²) in [7, 11) is 0. The summed E-state index contributed by atoms with van der Waals surface area (Å²) in [4.78, 5) is 25.3. The second-order valence-corrected chi connectivity index (χ2v) is 6.67. The molecule has 0 aromatic rings. The van der Waals surface area contributed by atoms with Gasteiger partial charge in [-0.05, 0) is 46.5 Å². The van der Waals surface area contributed by atoms with Crippen LogP contribution in [0.25, 0.3) is 0 Å². The number of carbonyl (C=O) groups is 2. The number of rotatable bonds is 5. The van der Waals surface area contributed by atoms with Gasteiger partial charge < -0.3 is 9.53 Å². The van der Waals surface area contributed by atoms with Crippen LogP contribution in [0.15, 0.2) is 0 Å². The number of hydrogen-bond donors (Lipinski definition) is 0. The van der Waals surface area contributed by atoms with Gasteiger partial charge in [0.25, 0.3) is 0 Å². The highest BCUT2D eigenvalue weighted by Gasteiger charge is 2.36. The van der Waals surface area contributed by atoms with Gasteiger partial charge in [0.1, 0.15) is 11.9 Å². The second-order valence-electron chi connectivity index (χ2n) is 6.67. The Bertz CT molecular complexity index is 322. The molecule has 2 unspecified atom stereocenters. The van der Waals surface area contributed by atoms with Crippen molar-refractivity contribution < 1.29 is 14.3 Å². The Morgan fingerprint density at radius 1 is 1.30 bits per heavy atom. The average molecular weight is 283 g/mol. The molecule has 0 radical (unpaired) electrons. The summed E-state index contributed by atoms with van der Waals surface area (Å²) < 4.78 is 5.47. The Labute approximate surface area is 122 Å². The third-order valence-electron chi connectivity index (χ3n) is 3.69. The van der Waals surface area contributed by atoms with Crippen LogP contribution < -0.4 is 0 Å². The van der Waals surface area contributed by atoms with Gasteiger partial charge in [-0.25, -0.2) is 4.79 Å². The molecule has 0 aromatic heterocycles. The highest BCUT2D eigenvalue weighted by atomic mass is 16.6. The van der Waals surface area contributed by atoms with E-state index in [1.54, 1.807) is 4.90 Å². The summed E-state index contributed by atoms with van der Waals surface area (Å²) in [5, 5.41) is 0. The van der Waals surface area contributed by atoms with Crippen molar-refractivity contribution in [2.45, 2.75) is 90.3 Å². The van der Waals surface area contributed by atoms with Gasteiger partial charge in [0.2, 0.25) is 0 Å². The van der Waals surface area contributed by atoms with Crippen molar-refractivity contribution in [3.63, 3.8) is 0 Å². The van der Waals surface area contributed by atoms with Crippen LogP contribution in [0, 0.1) is 0 Å². The molecule has 1 aliphatic rings. The normalized spacial score (nSPS) is 23.5. The summed E-state index contributed by atoms with van der Waals surface area (Å²) in [6, 6.07) is -0.162. The molecule has 1 heterocycles. The van der Waals surface area contributed by atoms with E-state index in [4.69, 9.17) is 4.74 Å². The van der Waals surface area contributed by atoms with E-state index < -0.39 is 5.60 Å². The number of piperidine rings is 1. The van der Waals surface area contributed by atoms with Crippen molar-refractivity contribution in [3.8, 4) is 0 Å². The van der Waals surface area contributed by atoms with E-state index >= 15 is 0 Å². The Morgan fingerprint density at radius 2 is 2.00 bits per heavy atom. The number of likely N-dealkylation sites (tertiary alicyclic amines) is 1. The molecular weight excluding hydrogens is 254 g/mol. The molecule has 4 nitrogen and oxygen atoms in total. The SMILES string of the molecule is CCCCCC1CCCC(C=O)N1C(=O)OC(C)(C)C. The van der Waals surface area contributed by atoms with E-state index in [-0.39, 0.29) is 18.2 Å². The first-order valence-corrected chi connectivity index (χ1v) is 7.85. The molecule has 0 aliphatic carbocycles. The van der Waals surface area contributed by atoms with Crippen molar-refractivity contribution in [2.75, 3.05) is 0 Å². The fourth-order valence-corrected chi connectivity index (χ4v) is 2.76. The van der Waals surface area contributed by atoms with E-state index in [0.717, 1.165) is 44.8 Å². The Balaban J connectivity index is 2.74. The highest BCUT2D eigenvalue weighted by molar-refractivity contribution is 5.74. The summed E-state index contributed by atoms with van der Waals surface area (Å²) in [5.74, 6) is 0. The number of amides is 1. The lowest BCUT2D eigenvalue weighted by atomic mass is 9.93. The third-order valence-corrected chi connectivity index (χ3v) is 3.69. The minimum Gasteiger partial charge on any atom is -0.444 e. The zero-order valence-corrected chi connectivity index (χ0v) is 13.4. The monoisotopic (exact) mass is 283 g/mol. The predicted molar refractivity (Wildman–Crippen MR) is 79.7 cm³/mol. The molecule has 0 saturated carbocycles. The van der Waals surface area contributed by atoms with Crippen molar-refractivity contribution in [1.29, 1.82) is 0 Å². The lowest BCUT2D eigenvalue weighted by molar-refractivity contribution is -0.115. The van der Waals surface area contributed by atoms with Crippen molar-refractivity contribution in [1.82, 2.24) is 4.90 Å². The maximum Gasteiger partial charge on any atom is 0.411 e. The molecule has 0 N–H and O–H groups in total. The lowest BCUT2D eigenvalue weighted by Gasteiger charge is -2.40. The predicted octanol–water partition coefficient (Wildman–Crippen LogP) is 3.92. The zero-order chi connectivity index (χ0) is 15.2. The first-order valence-electron chi connectivity index (χ1n) is 7.85. The van der Waals surface area contributed by atoms with Crippen LogP contribution in [0.3, 0.4) is 0 Å². The van der Waals surface area contributed by atoms with Crippen molar-refractivity contribution in [3.05, 3.63) is 0 Å². The molecule has 0 spiro atoms. The average Bonchev–Trinajstić information content (AvgIpc) is 2.36. The molecular formula is C16H29NO3. The smallest absolute Gasteiger partial charge is 0.411 e. The molecule has 1 aliphatic heterocycles. The summed E-state index contributed by atoms with van der Waals surface area (Å²) in [6.07, 6.45) is 7.72. The van der Waals surface area contributed by atoms with Crippen LogP contribution in [0.2, 0.25) is 0 Å². The standard InChI is InChI=1S/C16H29NO3/c1-5-6-7-9-13-10-8-11-14(12-18)17(13)15(19)20-16(2,3)4/h12-14H,5-11H2,1-4H3. The fourth-order valence-electron chi connectivity index (χ4n) is 2.76. The third kappa shape index (κ3) is 5.14. The van der Waals surface area contributed by atoms with Crippen LogP contribution >= 0.6 is 0 Å². The van der Waals surface area contributed by atoms with Gasteiger partial charge >= 0.3 is 6.09 Å². The van der Waals surface area contributed by atoms with Crippen molar-refractivity contribution in [2.24, 2.45) is 0 Å². The molecule has 1 amide bonds. The molecule has 1 rings (SSSR count). The van der Waals surface area contributed by atoms with Gasteiger partial charge in [-0.3, -0.25) is 4.90 Å². The van der Waals surface area contributed by atoms with Crippen LogP contribution in [-0.4, -0.2) is 35.0 Å². The number of aldehydes is 1. The number of hydrogen-bond acceptors (Lipinski definition) is 3. The Morgan fingerprint density at radius 3 is 2.55 bits per heavy atom. The van der Waals surface area contributed by atoms with Gasteiger partial charge in [-0.15, -0.1) is 0 Å². The Hall–Kier alpha value is -1.06. The quantitative estimate of drug-likeness (QED) is 0.567. The molecule has 1 fully saturated rings. The topological polar surface area (TPSA) is 46.6 Å². The van der Waals surface area contributed by atoms with E-state index in [9.17, 15) is 9.59 Å². The van der Waals surface area contributed by atoms with Crippen molar-refractivity contribution >= 4 is 12.4 Å². The maximum atomic E-state index is 12.4. The molecule has 0 aromatic carbocycles. The summed E-state index contributed by atoms with van der Waals surface area (Å²) in [6.45, 7) is 7.74. The van der Waals surface area contributed by atoms with Gasteiger partial charge in [0, 0.05) is 6.04 Å². The number of carbonyl (C=O) groups excluding carboxylic acids is 2. The van der Waals surface area contributed by atoms with E-state index in [1.165, 1.54) is 6.42 Å². The molecule has 4 heteroatoms.